The monoisotopic (exact) mass is 201 g/mol. The van der Waals surface area contributed by atoms with Gasteiger partial charge in [-0.3, -0.25) is 0 Å². The Morgan fingerprint density at radius 1 is 1.43 bits per heavy atom. The molecule has 0 aliphatic carbocycles. The highest BCUT2D eigenvalue weighted by Gasteiger charge is 2.26. The molecule has 0 radical (unpaired) electrons. The predicted octanol–water partition coefficient (Wildman–Crippen LogP) is 1.16. The summed E-state index contributed by atoms with van der Waals surface area (Å²) in [6.45, 7) is 8.41. The first-order chi connectivity index (χ1) is 6.52. The van der Waals surface area contributed by atoms with Crippen molar-refractivity contribution in [2.75, 3.05) is 19.7 Å². The number of rotatable bonds is 4. The van der Waals surface area contributed by atoms with E-state index in [0.717, 1.165) is 25.9 Å². The van der Waals surface area contributed by atoms with E-state index >= 15 is 0 Å². The van der Waals surface area contributed by atoms with E-state index in [9.17, 15) is 5.11 Å². The zero-order valence-electron chi connectivity index (χ0n) is 9.55. The van der Waals surface area contributed by atoms with E-state index in [1.54, 1.807) is 0 Å². The van der Waals surface area contributed by atoms with Gasteiger partial charge in [0, 0.05) is 0 Å². The van der Waals surface area contributed by atoms with E-state index in [1.807, 2.05) is 20.8 Å². The van der Waals surface area contributed by atoms with Gasteiger partial charge in [0.15, 0.2) is 0 Å². The van der Waals surface area contributed by atoms with Gasteiger partial charge in [-0.15, -0.1) is 0 Å². The van der Waals surface area contributed by atoms with Crippen molar-refractivity contribution in [2.45, 2.75) is 45.3 Å². The Kier molecular flexibility index (Phi) is 4.35. The highest BCUT2D eigenvalue weighted by molar-refractivity contribution is 4.77. The lowest BCUT2D eigenvalue weighted by Gasteiger charge is -2.31. The zero-order chi connectivity index (χ0) is 10.6. The fourth-order valence-corrected chi connectivity index (χ4v) is 1.42. The van der Waals surface area contributed by atoms with Gasteiger partial charge < -0.3 is 15.2 Å². The van der Waals surface area contributed by atoms with Crippen LogP contribution in [0.1, 0.15) is 33.6 Å². The van der Waals surface area contributed by atoms with Gasteiger partial charge in [-0.1, -0.05) is 13.8 Å². The van der Waals surface area contributed by atoms with Crippen molar-refractivity contribution in [3.05, 3.63) is 0 Å². The van der Waals surface area contributed by atoms with Crippen molar-refractivity contribution in [3.63, 3.8) is 0 Å². The fraction of sp³-hybridized carbons (Fsp3) is 1.00. The van der Waals surface area contributed by atoms with Crippen molar-refractivity contribution >= 4 is 0 Å². The molecule has 0 aromatic carbocycles. The summed E-state index contributed by atoms with van der Waals surface area (Å²) in [6.07, 6.45) is 2.46. The lowest BCUT2D eigenvalue weighted by atomic mass is 9.93. The van der Waals surface area contributed by atoms with Gasteiger partial charge in [-0.2, -0.15) is 0 Å². The molecule has 84 valence electrons. The Bertz CT molecular complexity index is 163. The minimum absolute atomic E-state index is 0.240. The fourth-order valence-electron chi connectivity index (χ4n) is 1.42. The topological polar surface area (TPSA) is 41.5 Å². The number of piperidine rings is 1. The highest BCUT2D eigenvalue weighted by atomic mass is 16.5. The van der Waals surface area contributed by atoms with Crippen LogP contribution in [0.15, 0.2) is 0 Å². The van der Waals surface area contributed by atoms with E-state index in [-0.39, 0.29) is 5.92 Å². The Morgan fingerprint density at radius 2 is 2.00 bits per heavy atom. The smallest absolute Gasteiger partial charge is 0.0875 e. The molecule has 1 aliphatic rings. The van der Waals surface area contributed by atoms with Gasteiger partial charge in [0.05, 0.1) is 18.3 Å². The van der Waals surface area contributed by atoms with Crippen LogP contribution in [0.4, 0.5) is 0 Å². The van der Waals surface area contributed by atoms with Crippen molar-refractivity contribution in [1.82, 2.24) is 5.32 Å². The summed E-state index contributed by atoms with van der Waals surface area (Å²) in [5.41, 5.74) is -0.690. The molecule has 0 amide bonds. The summed E-state index contributed by atoms with van der Waals surface area (Å²) in [5, 5.41) is 13.3. The van der Waals surface area contributed by atoms with Gasteiger partial charge in [0.1, 0.15) is 0 Å². The Balaban J connectivity index is 2.24. The number of hydrogen-bond acceptors (Lipinski definition) is 3. The first-order valence-electron chi connectivity index (χ1n) is 5.57. The van der Waals surface area contributed by atoms with Crippen LogP contribution < -0.4 is 5.32 Å². The molecule has 14 heavy (non-hydrogen) atoms. The maximum atomic E-state index is 9.98. The molecule has 1 saturated heterocycles. The van der Waals surface area contributed by atoms with Crippen molar-refractivity contribution in [2.24, 2.45) is 5.92 Å². The van der Waals surface area contributed by atoms with Crippen LogP contribution in [0.25, 0.3) is 0 Å². The third kappa shape index (κ3) is 3.56. The molecule has 1 fully saturated rings. The van der Waals surface area contributed by atoms with Gasteiger partial charge in [0.25, 0.3) is 0 Å². The normalized spacial score (nSPS) is 23.8. The van der Waals surface area contributed by atoms with Gasteiger partial charge in [-0.05, 0) is 38.8 Å². The van der Waals surface area contributed by atoms with Crippen LogP contribution >= 0.6 is 0 Å². The quantitative estimate of drug-likeness (QED) is 0.717. The molecule has 1 aliphatic heterocycles. The summed E-state index contributed by atoms with van der Waals surface area (Å²) in [6, 6.07) is 0. The maximum Gasteiger partial charge on any atom is 0.0875 e. The number of ether oxygens (including phenoxy) is 1. The molecule has 1 atom stereocenters. The highest BCUT2D eigenvalue weighted by Crippen LogP contribution is 2.18. The summed E-state index contributed by atoms with van der Waals surface area (Å²) < 4.78 is 5.72. The molecule has 0 aromatic heterocycles. The third-order valence-corrected chi connectivity index (χ3v) is 3.14. The summed E-state index contributed by atoms with van der Waals surface area (Å²) in [5.74, 6) is 0.240. The van der Waals surface area contributed by atoms with E-state index < -0.39 is 5.60 Å². The SMILES string of the molecule is CC(C)C(C)(O)COC1CCNCC1. The average molecular weight is 201 g/mol. The van der Waals surface area contributed by atoms with Crippen LogP contribution in [0.5, 0.6) is 0 Å². The summed E-state index contributed by atoms with van der Waals surface area (Å²) in [4.78, 5) is 0. The molecule has 3 heteroatoms. The number of aliphatic hydroxyl groups is 1. The van der Waals surface area contributed by atoms with Crippen molar-refractivity contribution in [1.29, 1.82) is 0 Å². The minimum atomic E-state index is -0.690. The maximum absolute atomic E-state index is 9.98. The molecule has 1 unspecified atom stereocenters. The first kappa shape index (κ1) is 12.0. The van der Waals surface area contributed by atoms with Gasteiger partial charge in [-0.25, -0.2) is 0 Å². The third-order valence-electron chi connectivity index (χ3n) is 3.14. The molecular weight excluding hydrogens is 178 g/mol. The number of nitrogens with one attached hydrogen (secondary N) is 1. The van der Waals surface area contributed by atoms with Crippen molar-refractivity contribution in [3.8, 4) is 0 Å². The number of hydrogen-bond donors (Lipinski definition) is 2. The van der Waals surface area contributed by atoms with E-state index in [4.69, 9.17) is 4.74 Å². The molecule has 0 aromatic rings. The van der Waals surface area contributed by atoms with Crippen LogP contribution in [0.3, 0.4) is 0 Å². The van der Waals surface area contributed by atoms with Gasteiger partial charge in [0.2, 0.25) is 0 Å². The molecule has 3 nitrogen and oxygen atoms in total. The van der Waals surface area contributed by atoms with E-state index in [1.165, 1.54) is 0 Å². The molecule has 1 rings (SSSR count). The Hall–Kier alpha value is -0.120. The van der Waals surface area contributed by atoms with Crippen LogP contribution in [0.2, 0.25) is 0 Å². The van der Waals surface area contributed by atoms with E-state index in [0.29, 0.717) is 12.7 Å². The standard InChI is InChI=1S/C11H23NO2/c1-9(2)11(3,13)8-14-10-4-6-12-7-5-10/h9-10,12-13H,4-8H2,1-3H3. The summed E-state index contributed by atoms with van der Waals surface area (Å²) >= 11 is 0. The average Bonchev–Trinajstić information content (AvgIpc) is 2.16. The van der Waals surface area contributed by atoms with Crippen LogP contribution in [0, 0.1) is 5.92 Å². The second-order valence-corrected chi connectivity index (χ2v) is 4.77. The van der Waals surface area contributed by atoms with E-state index in [2.05, 4.69) is 5.32 Å². The van der Waals surface area contributed by atoms with Gasteiger partial charge >= 0.3 is 0 Å². The second-order valence-electron chi connectivity index (χ2n) is 4.77. The second kappa shape index (κ2) is 5.10. The molecule has 2 N–H and O–H groups in total. The molecular formula is C11H23NO2. The predicted molar refractivity (Wildman–Crippen MR) is 57.3 cm³/mol. The molecule has 0 spiro atoms. The minimum Gasteiger partial charge on any atom is -0.388 e. The lowest BCUT2D eigenvalue weighted by Crippen LogP contribution is -2.40. The first-order valence-corrected chi connectivity index (χ1v) is 5.57. The molecule has 0 bridgehead atoms. The zero-order valence-corrected chi connectivity index (χ0v) is 9.55. The van der Waals surface area contributed by atoms with Crippen LogP contribution in [-0.4, -0.2) is 36.5 Å². The molecule has 0 saturated carbocycles. The summed E-state index contributed by atoms with van der Waals surface area (Å²) in [7, 11) is 0. The lowest BCUT2D eigenvalue weighted by molar-refractivity contribution is -0.0916. The Labute approximate surface area is 86.8 Å². The molecule has 1 heterocycles. The van der Waals surface area contributed by atoms with Crippen molar-refractivity contribution < 1.29 is 9.84 Å². The largest absolute Gasteiger partial charge is 0.388 e. The Morgan fingerprint density at radius 3 is 2.50 bits per heavy atom. The van der Waals surface area contributed by atoms with Crippen LogP contribution in [-0.2, 0) is 4.74 Å².